The Hall–Kier alpha value is -1.41. The minimum atomic E-state index is -3.81. The van der Waals surface area contributed by atoms with Crippen LogP contribution < -0.4 is 0 Å². The van der Waals surface area contributed by atoms with Crippen molar-refractivity contribution in [3.05, 3.63) is 11.4 Å². The van der Waals surface area contributed by atoms with Crippen molar-refractivity contribution in [3.63, 3.8) is 0 Å². The molecule has 0 unspecified atom stereocenters. The highest BCUT2D eigenvalue weighted by atomic mass is 32.2. The van der Waals surface area contributed by atoms with Gasteiger partial charge in [0.15, 0.2) is 0 Å². The highest BCUT2D eigenvalue weighted by Crippen LogP contribution is 2.21. The van der Waals surface area contributed by atoms with Gasteiger partial charge < -0.3 is 5.11 Å². The maximum absolute atomic E-state index is 12.1. The van der Waals surface area contributed by atoms with E-state index in [-0.39, 0.29) is 4.90 Å². The number of rotatable bonds is 4. The van der Waals surface area contributed by atoms with Crippen molar-refractivity contribution >= 4 is 16.0 Å². The molecule has 0 atom stereocenters. The fourth-order valence-electron chi connectivity index (χ4n) is 1.56. The Bertz CT molecular complexity index is 547. The highest BCUT2D eigenvalue weighted by Gasteiger charge is 2.29. The van der Waals surface area contributed by atoms with E-state index in [1.54, 1.807) is 20.9 Å². The Morgan fingerprint density at radius 2 is 2.00 bits per heavy atom. The molecule has 0 saturated heterocycles. The number of nitrogens with zero attached hydrogens (tertiary/aromatic N) is 3. The van der Waals surface area contributed by atoms with Gasteiger partial charge in [0.2, 0.25) is 10.0 Å². The summed E-state index contributed by atoms with van der Waals surface area (Å²) in [7, 11) is -0.936. The SMILES string of the molecule is Cc1nn(C)c(C)c1S(=O)(=O)N(C)CC(=O)O. The molecule has 0 bridgehead atoms. The first-order chi connectivity index (χ1) is 7.67. The van der Waals surface area contributed by atoms with Gasteiger partial charge in [-0.05, 0) is 13.8 Å². The van der Waals surface area contributed by atoms with Gasteiger partial charge in [0.25, 0.3) is 0 Å². The topological polar surface area (TPSA) is 92.5 Å². The van der Waals surface area contributed by atoms with E-state index in [0.717, 1.165) is 4.31 Å². The van der Waals surface area contributed by atoms with Crippen molar-refractivity contribution in [1.82, 2.24) is 14.1 Å². The summed E-state index contributed by atoms with van der Waals surface area (Å²) < 4.78 is 26.5. The second kappa shape index (κ2) is 4.46. The van der Waals surface area contributed by atoms with Crippen molar-refractivity contribution in [3.8, 4) is 0 Å². The van der Waals surface area contributed by atoms with Gasteiger partial charge in [-0.1, -0.05) is 0 Å². The van der Waals surface area contributed by atoms with Crippen LogP contribution in [-0.2, 0) is 21.9 Å². The van der Waals surface area contributed by atoms with Crippen molar-refractivity contribution in [2.45, 2.75) is 18.7 Å². The van der Waals surface area contributed by atoms with Crippen LogP contribution in [0.5, 0.6) is 0 Å². The van der Waals surface area contributed by atoms with E-state index in [9.17, 15) is 13.2 Å². The summed E-state index contributed by atoms with van der Waals surface area (Å²) in [5.41, 5.74) is 0.849. The molecule has 1 aromatic rings. The standard InChI is InChI=1S/C9H15N3O4S/c1-6-9(7(2)12(4)10-6)17(15,16)11(3)5-8(13)14/h5H2,1-4H3,(H,13,14). The number of hydrogen-bond donors (Lipinski definition) is 1. The van der Waals surface area contributed by atoms with E-state index in [4.69, 9.17) is 5.11 Å². The number of aryl methyl sites for hydroxylation is 2. The lowest BCUT2D eigenvalue weighted by molar-refractivity contribution is -0.137. The molecule has 7 nitrogen and oxygen atoms in total. The lowest BCUT2D eigenvalue weighted by atomic mass is 10.4. The van der Waals surface area contributed by atoms with Crippen LogP contribution in [0.25, 0.3) is 0 Å². The minimum Gasteiger partial charge on any atom is -0.480 e. The number of aromatic nitrogens is 2. The second-order valence-corrected chi connectivity index (χ2v) is 5.76. The Balaban J connectivity index is 3.27. The van der Waals surface area contributed by atoms with Gasteiger partial charge in [-0.3, -0.25) is 9.48 Å². The number of carbonyl (C=O) groups is 1. The number of aliphatic carboxylic acids is 1. The Morgan fingerprint density at radius 1 is 1.47 bits per heavy atom. The number of sulfonamides is 1. The maximum atomic E-state index is 12.1. The Kier molecular flexibility index (Phi) is 3.58. The van der Waals surface area contributed by atoms with Crippen LogP contribution in [0.4, 0.5) is 0 Å². The van der Waals surface area contributed by atoms with E-state index in [1.165, 1.54) is 11.7 Å². The third-order valence-electron chi connectivity index (χ3n) is 2.47. The zero-order valence-electron chi connectivity index (χ0n) is 10.1. The van der Waals surface area contributed by atoms with Crippen LogP contribution in [0, 0.1) is 13.8 Å². The summed E-state index contributed by atoms with van der Waals surface area (Å²) in [5.74, 6) is -1.20. The predicted octanol–water partition coefficient (Wildman–Crippen LogP) is -0.258. The second-order valence-electron chi connectivity index (χ2n) is 3.78. The van der Waals surface area contributed by atoms with Gasteiger partial charge in [-0.2, -0.15) is 9.40 Å². The van der Waals surface area contributed by atoms with Crippen LogP contribution in [0.1, 0.15) is 11.4 Å². The number of hydrogen-bond acceptors (Lipinski definition) is 4. The molecule has 0 radical (unpaired) electrons. The monoisotopic (exact) mass is 261 g/mol. The first-order valence-corrected chi connectivity index (χ1v) is 6.30. The lowest BCUT2D eigenvalue weighted by Gasteiger charge is -2.14. The molecule has 1 rings (SSSR count). The van der Waals surface area contributed by atoms with Crippen LogP contribution >= 0.6 is 0 Å². The molecular weight excluding hydrogens is 246 g/mol. The molecule has 96 valence electrons. The summed E-state index contributed by atoms with van der Waals surface area (Å²) in [4.78, 5) is 10.6. The molecule has 0 spiro atoms. The van der Waals surface area contributed by atoms with Crippen molar-refractivity contribution in [2.75, 3.05) is 13.6 Å². The van der Waals surface area contributed by atoms with Gasteiger partial charge >= 0.3 is 5.97 Å². The molecule has 1 aromatic heterocycles. The third-order valence-corrected chi connectivity index (χ3v) is 4.53. The largest absolute Gasteiger partial charge is 0.480 e. The summed E-state index contributed by atoms with van der Waals surface area (Å²) in [6.45, 7) is 2.63. The first kappa shape index (κ1) is 13.7. The molecule has 1 heterocycles. The van der Waals surface area contributed by atoms with Gasteiger partial charge in [0, 0.05) is 14.1 Å². The summed E-state index contributed by atoms with van der Waals surface area (Å²) in [6, 6.07) is 0. The average molecular weight is 261 g/mol. The molecule has 8 heteroatoms. The summed E-state index contributed by atoms with van der Waals surface area (Å²) in [5, 5.41) is 12.6. The minimum absolute atomic E-state index is 0.0729. The maximum Gasteiger partial charge on any atom is 0.318 e. The van der Waals surface area contributed by atoms with Crippen LogP contribution in [-0.4, -0.2) is 47.2 Å². The molecule has 0 saturated carbocycles. The molecule has 1 N–H and O–H groups in total. The van der Waals surface area contributed by atoms with Crippen LogP contribution in [0.15, 0.2) is 4.90 Å². The predicted molar refractivity (Wildman–Crippen MR) is 60.1 cm³/mol. The molecule has 0 aliphatic rings. The highest BCUT2D eigenvalue weighted by molar-refractivity contribution is 7.89. The quantitative estimate of drug-likeness (QED) is 0.806. The summed E-state index contributed by atoms with van der Waals surface area (Å²) in [6.07, 6.45) is 0. The zero-order chi connectivity index (χ0) is 13.4. The smallest absolute Gasteiger partial charge is 0.318 e. The van der Waals surface area contributed by atoms with Gasteiger partial charge in [0.05, 0.1) is 11.4 Å². The zero-order valence-corrected chi connectivity index (χ0v) is 10.9. The van der Waals surface area contributed by atoms with Crippen LogP contribution in [0.2, 0.25) is 0 Å². The van der Waals surface area contributed by atoms with Gasteiger partial charge in [0.1, 0.15) is 11.4 Å². The van der Waals surface area contributed by atoms with Crippen molar-refractivity contribution in [2.24, 2.45) is 7.05 Å². The van der Waals surface area contributed by atoms with E-state index >= 15 is 0 Å². The molecule has 17 heavy (non-hydrogen) atoms. The third kappa shape index (κ3) is 2.47. The van der Waals surface area contributed by atoms with Gasteiger partial charge in [-0.15, -0.1) is 0 Å². The average Bonchev–Trinajstić information content (AvgIpc) is 2.39. The molecule has 0 aromatic carbocycles. The number of carboxylic acid groups (broad SMARTS) is 1. The van der Waals surface area contributed by atoms with E-state index in [2.05, 4.69) is 5.10 Å². The van der Waals surface area contributed by atoms with E-state index < -0.39 is 22.5 Å². The Labute approximate surface area is 99.7 Å². The van der Waals surface area contributed by atoms with Crippen molar-refractivity contribution in [1.29, 1.82) is 0 Å². The number of likely N-dealkylation sites (N-methyl/N-ethyl adjacent to an activating group) is 1. The fourth-order valence-corrected chi connectivity index (χ4v) is 3.07. The molecule has 0 aliphatic carbocycles. The van der Waals surface area contributed by atoms with Crippen LogP contribution in [0.3, 0.4) is 0 Å². The summed E-state index contributed by atoms with van der Waals surface area (Å²) >= 11 is 0. The molecule has 0 amide bonds. The normalized spacial score (nSPS) is 12.1. The van der Waals surface area contributed by atoms with E-state index in [0.29, 0.717) is 11.4 Å². The van der Waals surface area contributed by atoms with E-state index in [1.807, 2.05) is 0 Å². The Morgan fingerprint density at radius 3 is 2.35 bits per heavy atom. The molecule has 0 aliphatic heterocycles. The van der Waals surface area contributed by atoms with Gasteiger partial charge in [-0.25, -0.2) is 8.42 Å². The lowest BCUT2D eigenvalue weighted by Crippen LogP contribution is -2.32. The number of carboxylic acids is 1. The first-order valence-electron chi connectivity index (χ1n) is 4.86. The van der Waals surface area contributed by atoms with Crippen molar-refractivity contribution < 1.29 is 18.3 Å². The fraction of sp³-hybridized carbons (Fsp3) is 0.556. The molecular formula is C9H15N3O4S. The molecule has 0 fully saturated rings.